The Morgan fingerprint density at radius 2 is 1.92 bits per heavy atom. The van der Waals surface area contributed by atoms with Gasteiger partial charge in [0.05, 0.1) is 23.7 Å². The number of benzene rings is 3. The summed E-state index contributed by atoms with van der Waals surface area (Å²) in [5.41, 5.74) is 5.48. The standard InChI is InChI=1S/C25H22Cl2FN5O4/c1-2-37-25(36)22(34)13-33(31-24(35)16-9-19(27)23-21(10-16)29-32-30-23)12-14-3-5-15(6-4-14)18-11-17(26)7-8-20(18)28/h3-11,22,34H,2,12-13H2,1H3,(H,31,35)(H,29,30,32)/t22-/m1/s1. The molecule has 37 heavy (non-hydrogen) atoms. The van der Waals surface area contributed by atoms with Crippen LogP contribution in [-0.2, 0) is 16.1 Å². The van der Waals surface area contributed by atoms with Gasteiger partial charge < -0.3 is 9.84 Å². The molecule has 1 heterocycles. The lowest BCUT2D eigenvalue weighted by Gasteiger charge is -2.25. The molecule has 0 aliphatic carbocycles. The highest BCUT2D eigenvalue weighted by Gasteiger charge is 2.23. The Morgan fingerprint density at radius 1 is 1.16 bits per heavy atom. The predicted octanol–water partition coefficient (Wildman–Crippen LogP) is 4.14. The minimum Gasteiger partial charge on any atom is -0.464 e. The number of rotatable bonds is 9. The van der Waals surface area contributed by atoms with Gasteiger partial charge in [-0.3, -0.25) is 15.3 Å². The fraction of sp³-hybridized carbons (Fsp3) is 0.200. The van der Waals surface area contributed by atoms with Crippen molar-refractivity contribution in [2.45, 2.75) is 19.6 Å². The van der Waals surface area contributed by atoms with Crippen LogP contribution in [0.15, 0.2) is 54.6 Å². The number of amides is 1. The van der Waals surface area contributed by atoms with Gasteiger partial charge in [0.1, 0.15) is 11.3 Å². The molecule has 9 nitrogen and oxygen atoms in total. The molecule has 0 aliphatic rings. The summed E-state index contributed by atoms with van der Waals surface area (Å²) in [5.74, 6) is -1.76. The summed E-state index contributed by atoms with van der Waals surface area (Å²) in [7, 11) is 0. The Hall–Kier alpha value is -3.57. The third-order valence-electron chi connectivity index (χ3n) is 5.42. The monoisotopic (exact) mass is 545 g/mol. The molecule has 0 bridgehead atoms. The summed E-state index contributed by atoms with van der Waals surface area (Å²) in [4.78, 5) is 25.0. The molecule has 1 aromatic heterocycles. The fourth-order valence-electron chi connectivity index (χ4n) is 3.65. The minimum absolute atomic E-state index is 0.0977. The lowest BCUT2D eigenvalue weighted by atomic mass is 10.0. The van der Waals surface area contributed by atoms with Gasteiger partial charge in [0, 0.05) is 22.7 Å². The van der Waals surface area contributed by atoms with Crippen LogP contribution in [0.5, 0.6) is 0 Å². The Balaban J connectivity index is 1.55. The summed E-state index contributed by atoms with van der Waals surface area (Å²) >= 11 is 12.2. The molecule has 3 aromatic carbocycles. The summed E-state index contributed by atoms with van der Waals surface area (Å²) in [6.07, 6.45) is -1.51. The zero-order valence-corrected chi connectivity index (χ0v) is 21.1. The number of ether oxygens (including phenoxy) is 1. The number of hydrazine groups is 1. The molecule has 0 saturated heterocycles. The number of nitrogens with one attached hydrogen (secondary N) is 2. The second kappa shape index (κ2) is 11.7. The molecule has 4 aromatic rings. The quantitative estimate of drug-likeness (QED) is 0.213. The van der Waals surface area contributed by atoms with Gasteiger partial charge in [0.15, 0.2) is 6.10 Å². The van der Waals surface area contributed by atoms with Crippen molar-refractivity contribution in [2.24, 2.45) is 0 Å². The normalized spacial score (nSPS) is 12.1. The Bertz CT molecular complexity index is 1430. The topological polar surface area (TPSA) is 120 Å². The fourth-order valence-corrected chi connectivity index (χ4v) is 4.08. The van der Waals surface area contributed by atoms with E-state index in [2.05, 4.69) is 20.8 Å². The SMILES string of the molecule is CCOC(=O)[C@H](O)CN(Cc1ccc(-c2cc(Cl)ccc2F)cc1)NC(=O)c1cc(Cl)c2nn[nH]c2c1. The highest BCUT2D eigenvalue weighted by Crippen LogP contribution is 2.27. The number of aromatic nitrogens is 3. The lowest BCUT2D eigenvalue weighted by molar-refractivity contribution is -0.154. The van der Waals surface area contributed by atoms with Crippen LogP contribution in [0.4, 0.5) is 4.39 Å². The molecule has 1 amide bonds. The maximum atomic E-state index is 14.3. The highest BCUT2D eigenvalue weighted by molar-refractivity contribution is 6.35. The van der Waals surface area contributed by atoms with Gasteiger partial charge in [0.25, 0.3) is 5.91 Å². The van der Waals surface area contributed by atoms with Gasteiger partial charge >= 0.3 is 5.97 Å². The number of halogens is 3. The number of nitrogens with zero attached hydrogens (tertiary/aromatic N) is 3. The van der Waals surface area contributed by atoms with Crippen molar-refractivity contribution in [1.82, 2.24) is 25.8 Å². The number of H-pyrrole nitrogens is 1. The van der Waals surface area contributed by atoms with E-state index in [4.69, 9.17) is 27.9 Å². The van der Waals surface area contributed by atoms with Crippen LogP contribution >= 0.6 is 23.2 Å². The van der Waals surface area contributed by atoms with Crippen molar-refractivity contribution in [2.75, 3.05) is 13.2 Å². The summed E-state index contributed by atoms with van der Waals surface area (Å²) < 4.78 is 19.1. The van der Waals surface area contributed by atoms with Crippen LogP contribution in [-0.4, -0.2) is 56.7 Å². The van der Waals surface area contributed by atoms with Crippen molar-refractivity contribution >= 4 is 46.1 Å². The molecule has 0 saturated carbocycles. The molecule has 0 spiro atoms. The van der Waals surface area contributed by atoms with Crippen LogP contribution in [0.25, 0.3) is 22.2 Å². The van der Waals surface area contributed by atoms with E-state index in [1.54, 1.807) is 31.2 Å². The third kappa shape index (κ3) is 6.41. The van der Waals surface area contributed by atoms with Crippen LogP contribution < -0.4 is 5.43 Å². The van der Waals surface area contributed by atoms with E-state index in [1.165, 1.54) is 35.3 Å². The minimum atomic E-state index is -1.51. The first-order valence-electron chi connectivity index (χ1n) is 11.2. The maximum Gasteiger partial charge on any atom is 0.336 e. The van der Waals surface area contributed by atoms with E-state index in [1.807, 2.05) is 0 Å². The number of hydrogen-bond donors (Lipinski definition) is 3. The predicted molar refractivity (Wildman–Crippen MR) is 136 cm³/mol. The number of aliphatic hydroxyl groups excluding tert-OH is 1. The van der Waals surface area contributed by atoms with E-state index in [9.17, 15) is 19.1 Å². The average Bonchev–Trinajstić information content (AvgIpc) is 3.35. The van der Waals surface area contributed by atoms with E-state index in [-0.39, 0.29) is 30.3 Å². The first-order valence-corrected chi connectivity index (χ1v) is 12.0. The van der Waals surface area contributed by atoms with Crippen molar-refractivity contribution < 1.29 is 23.8 Å². The summed E-state index contributed by atoms with van der Waals surface area (Å²) in [6, 6.07) is 14.2. The smallest absolute Gasteiger partial charge is 0.336 e. The van der Waals surface area contributed by atoms with E-state index in [0.717, 1.165) is 0 Å². The molecule has 1 atom stereocenters. The number of hydrogen-bond acceptors (Lipinski definition) is 7. The Morgan fingerprint density at radius 3 is 2.65 bits per heavy atom. The highest BCUT2D eigenvalue weighted by atomic mass is 35.5. The van der Waals surface area contributed by atoms with E-state index in [0.29, 0.717) is 32.7 Å². The van der Waals surface area contributed by atoms with Crippen molar-refractivity contribution in [3.8, 4) is 11.1 Å². The van der Waals surface area contributed by atoms with Crippen LogP contribution in [0, 0.1) is 5.82 Å². The van der Waals surface area contributed by atoms with Gasteiger partial charge in [0.2, 0.25) is 0 Å². The summed E-state index contributed by atoms with van der Waals surface area (Å²) in [5, 5.41) is 22.5. The molecule has 0 fully saturated rings. The van der Waals surface area contributed by atoms with Gasteiger partial charge in [-0.1, -0.05) is 52.7 Å². The summed E-state index contributed by atoms with van der Waals surface area (Å²) in [6.45, 7) is 1.58. The number of aromatic amines is 1. The zero-order valence-electron chi connectivity index (χ0n) is 19.5. The number of carbonyl (C=O) groups is 2. The van der Waals surface area contributed by atoms with Crippen molar-refractivity contribution in [3.63, 3.8) is 0 Å². The average molecular weight is 546 g/mol. The molecule has 0 radical (unpaired) electrons. The zero-order chi connectivity index (χ0) is 26.5. The first kappa shape index (κ1) is 26.5. The first-order chi connectivity index (χ1) is 17.7. The molecular formula is C25H22Cl2FN5O4. The largest absolute Gasteiger partial charge is 0.464 e. The molecule has 4 rings (SSSR count). The molecule has 12 heteroatoms. The number of carbonyl (C=O) groups excluding carboxylic acids is 2. The molecular weight excluding hydrogens is 524 g/mol. The molecule has 192 valence electrons. The second-order valence-corrected chi connectivity index (χ2v) is 8.92. The number of aliphatic hydroxyl groups is 1. The maximum absolute atomic E-state index is 14.3. The molecule has 3 N–H and O–H groups in total. The van der Waals surface area contributed by atoms with Crippen LogP contribution in [0.2, 0.25) is 10.0 Å². The Kier molecular flexibility index (Phi) is 8.34. The Labute approximate surface area is 221 Å². The van der Waals surface area contributed by atoms with Gasteiger partial charge in [-0.25, -0.2) is 14.2 Å². The lowest BCUT2D eigenvalue weighted by Crippen LogP contribution is -2.47. The molecule has 0 aliphatic heterocycles. The van der Waals surface area contributed by atoms with Gasteiger partial charge in [-0.2, -0.15) is 0 Å². The molecule has 0 unspecified atom stereocenters. The van der Waals surface area contributed by atoms with Crippen LogP contribution in [0.1, 0.15) is 22.8 Å². The number of fused-ring (bicyclic) bond motifs is 1. The third-order valence-corrected chi connectivity index (χ3v) is 5.95. The number of esters is 1. The van der Waals surface area contributed by atoms with Crippen molar-refractivity contribution in [3.05, 3.63) is 81.6 Å². The van der Waals surface area contributed by atoms with Crippen LogP contribution in [0.3, 0.4) is 0 Å². The second-order valence-electron chi connectivity index (χ2n) is 8.08. The van der Waals surface area contributed by atoms with E-state index < -0.39 is 23.8 Å². The van der Waals surface area contributed by atoms with E-state index >= 15 is 0 Å². The van der Waals surface area contributed by atoms with Gasteiger partial charge in [-0.15, -0.1) is 5.10 Å². The van der Waals surface area contributed by atoms with Crippen molar-refractivity contribution in [1.29, 1.82) is 0 Å². The van der Waals surface area contributed by atoms with Gasteiger partial charge in [-0.05, 0) is 48.4 Å².